The van der Waals surface area contributed by atoms with Gasteiger partial charge in [-0.25, -0.2) is 4.79 Å². The lowest BCUT2D eigenvalue weighted by Crippen LogP contribution is -2.51. The number of carboxylic acid groups (broad SMARTS) is 1. The van der Waals surface area contributed by atoms with Crippen LogP contribution in [0.3, 0.4) is 0 Å². The average molecular weight is 307 g/mol. The van der Waals surface area contributed by atoms with E-state index in [1.54, 1.807) is 0 Å². The first kappa shape index (κ1) is 15.3. The highest BCUT2D eigenvalue weighted by Gasteiger charge is 2.33. The molecule has 1 amide bonds. The van der Waals surface area contributed by atoms with Crippen LogP contribution >= 0.6 is 0 Å². The summed E-state index contributed by atoms with van der Waals surface area (Å²) in [7, 11) is 0. The summed E-state index contributed by atoms with van der Waals surface area (Å²) in [5.74, 6) is -2.37. The lowest BCUT2D eigenvalue weighted by Gasteiger charge is -2.34. The normalized spacial score (nSPS) is 17.0. The number of amides is 1. The highest BCUT2D eigenvalue weighted by Crippen LogP contribution is 2.18. The van der Waals surface area contributed by atoms with Crippen molar-refractivity contribution in [3.63, 3.8) is 0 Å². The van der Waals surface area contributed by atoms with Gasteiger partial charge in [0.25, 0.3) is 5.91 Å². The number of rotatable bonds is 3. The first-order valence-corrected chi connectivity index (χ1v) is 6.04. The summed E-state index contributed by atoms with van der Waals surface area (Å²) in [4.78, 5) is 25.1. The third kappa shape index (κ3) is 3.94. The summed E-state index contributed by atoms with van der Waals surface area (Å²) < 4.78 is 41.2. The summed E-state index contributed by atoms with van der Waals surface area (Å²) >= 11 is 0. The van der Waals surface area contributed by atoms with Gasteiger partial charge in [-0.05, 0) is 0 Å². The van der Waals surface area contributed by atoms with E-state index in [2.05, 4.69) is 9.68 Å². The Hall–Kier alpha value is -2.10. The molecular weight excluding hydrogens is 295 g/mol. The van der Waals surface area contributed by atoms with E-state index in [9.17, 15) is 22.8 Å². The zero-order valence-electron chi connectivity index (χ0n) is 10.8. The van der Waals surface area contributed by atoms with Gasteiger partial charge in [0.15, 0.2) is 5.69 Å². The van der Waals surface area contributed by atoms with E-state index in [0.717, 1.165) is 6.07 Å². The molecule has 1 aromatic rings. The number of carbonyl (C=O) groups excluding carboxylic acids is 1. The fourth-order valence-electron chi connectivity index (χ4n) is 2.00. The highest BCUT2D eigenvalue weighted by atomic mass is 19.4. The fraction of sp³-hybridized carbons (Fsp3) is 0.545. The van der Waals surface area contributed by atoms with Crippen LogP contribution in [0, 0.1) is 0 Å². The summed E-state index contributed by atoms with van der Waals surface area (Å²) in [5.41, 5.74) is -0.170. The van der Waals surface area contributed by atoms with Crippen molar-refractivity contribution >= 4 is 11.9 Å². The van der Waals surface area contributed by atoms with Gasteiger partial charge in [0.1, 0.15) is 0 Å². The minimum Gasteiger partial charge on any atom is -0.475 e. The van der Waals surface area contributed by atoms with Crippen LogP contribution < -0.4 is 0 Å². The molecule has 0 aromatic carbocycles. The first-order valence-electron chi connectivity index (χ1n) is 6.04. The molecule has 0 aliphatic carbocycles. The van der Waals surface area contributed by atoms with E-state index in [-0.39, 0.29) is 31.9 Å². The molecule has 0 atom stereocenters. The summed E-state index contributed by atoms with van der Waals surface area (Å²) in [6.07, 6.45) is -4.27. The van der Waals surface area contributed by atoms with Crippen LogP contribution in [0.2, 0.25) is 0 Å². The van der Waals surface area contributed by atoms with E-state index >= 15 is 0 Å². The zero-order chi connectivity index (χ0) is 15.6. The summed E-state index contributed by atoms with van der Waals surface area (Å²) in [6, 6.07) is 0.993. The molecule has 0 bridgehead atoms. The van der Waals surface area contributed by atoms with E-state index in [4.69, 9.17) is 5.11 Å². The van der Waals surface area contributed by atoms with Crippen LogP contribution in [0.25, 0.3) is 0 Å². The number of aromatic carboxylic acids is 1. The molecule has 1 N–H and O–H groups in total. The molecule has 1 fully saturated rings. The molecule has 1 saturated heterocycles. The molecule has 10 heteroatoms. The topological polar surface area (TPSA) is 86.9 Å². The predicted molar refractivity (Wildman–Crippen MR) is 61.9 cm³/mol. The van der Waals surface area contributed by atoms with Crippen LogP contribution in [-0.2, 0) is 0 Å². The van der Waals surface area contributed by atoms with Crippen LogP contribution in [0.5, 0.6) is 0 Å². The van der Waals surface area contributed by atoms with Gasteiger partial charge in [0.05, 0.1) is 6.54 Å². The Kier molecular flexibility index (Phi) is 4.16. The molecule has 1 aromatic heterocycles. The summed E-state index contributed by atoms with van der Waals surface area (Å²) in [5, 5.41) is 12.0. The molecule has 1 aliphatic heterocycles. The molecule has 21 heavy (non-hydrogen) atoms. The number of halogens is 3. The number of hydrogen-bond donors (Lipinski definition) is 1. The Morgan fingerprint density at radius 2 is 1.90 bits per heavy atom. The standard InChI is InChI=1S/C11H12F3N3O4/c12-11(13,14)6-16-1-3-17(4-2-16)9(18)7-5-8(10(19)20)21-15-7/h5H,1-4,6H2,(H,19,20). The van der Waals surface area contributed by atoms with Crippen LogP contribution in [-0.4, -0.2) is 70.8 Å². The monoisotopic (exact) mass is 307 g/mol. The van der Waals surface area contributed by atoms with Crippen molar-refractivity contribution in [2.45, 2.75) is 6.18 Å². The second kappa shape index (κ2) is 5.72. The van der Waals surface area contributed by atoms with Crippen molar-refractivity contribution in [3.05, 3.63) is 17.5 Å². The molecule has 2 heterocycles. The van der Waals surface area contributed by atoms with Gasteiger partial charge >= 0.3 is 12.1 Å². The number of carbonyl (C=O) groups is 2. The molecular formula is C11H12F3N3O4. The Bertz CT molecular complexity index is 535. The number of aromatic nitrogens is 1. The molecule has 0 radical (unpaired) electrons. The van der Waals surface area contributed by atoms with E-state index in [0.29, 0.717) is 0 Å². The maximum Gasteiger partial charge on any atom is 0.401 e. The van der Waals surface area contributed by atoms with Gasteiger partial charge in [-0.2, -0.15) is 13.2 Å². The van der Waals surface area contributed by atoms with E-state index in [1.807, 2.05) is 0 Å². The van der Waals surface area contributed by atoms with Gasteiger partial charge in [0.2, 0.25) is 5.76 Å². The molecule has 2 rings (SSSR count). The second-order valence-electron chi connectivity index (χ2n) is 4.57. The van der Waals surface area contributed by atoms with Crippen molar-refractivity contribution in [1.82, 2.24) is 15.0 Å². The highest BCUT2D eigenvalue weighted by molar-refractivity contribution is 5.94. The predicted octanol–water partition coefficient (Wildman–Crippen LogP) is 0.693. The van der Waals surface area contributed by atoms with Gasteiger partial charge < -0.3 is 14.5 Å². The second-order valence-corrected chi connectivity index (χ2v) is 4.57. The third-order valence-corrected chi connectivity index (χ3v) is 3.00. The van der Waals surface area contributed by atoms with Crippen molar-refractivity contribution in [2.75, 3.05) is 32.7 Å². The molecule has 0 spiro atoms. The van der Waals surface area contributed by atoms with Crippen LogP contribution in [0.15, 0.2) is 10.6 Å². The Balaban J connectivity index is 1.92. The van der Waals surface area contributed by atoms with E-state index < -0.39 is 30.4 Å². The smallest absolute Gasteiger partial charge is 0.401 e. The Labute approximate surface area is 116 Å². The number of carboxylic acids is 1. The lowest BCUT2D eigenvalue weighted by molar-refractivity contribution is -0.148. The van der Waals surface area contributed by atoms with Crippen molar-refractivity contribution in [2.24, 2.45) is 0 Å². The van der Waals surface area contributed by atoms with Gasteiger partial charge in [-0.15, -0.1) is 0 Å². The molecule has 116 valence electrons. The maximum atomic E-state index is 12.2. The van der Waals surface area contributed by atoms with E-state index in [1.165, 1.54) is 9.80 Å². The Morgan fingerprint density at radius 1 is 1.29 bits per heavy atom. The molecule has 7 nitrogen and oxygen atoms in total. The maximum absolute atomic E-state index is 12.2. The van der Waals surface area contributed by atoms with Gasteiger partial charge in [-0.3, -0.25) is 9.69 Å². The minimum absolute atomic E-state index is 0.0922. The quantitative estimate of drug-likeness (QED) is 0.884. The average Bonchev–Trinajstić information content (AvgIpc) is 2.86. The molecule has 0 unspecified atom stereocenters. The SMILES string of the molecule is O=C(O)c1cc(C(=O)N2CCN(CC(F)(F)F)CC2)no1. The van der Waals surface area contributed by atoms with Crippen molar-refractivity contribution in [1.29, 1.82) is 0 Å². The van der Waals surface area contributed by atoms with Gasteiger partial charge in [-0.1, -0.05) is 5.16 Å². The zero-order valence-corrected chi connectivity index (χ0v) is 10.8. The lowest BCUT2D eigenvalue weighted by atomic mass is 10.2. The molecule has 1 aliphatic rings. The number of alkyl halides is 3. The minimum atomic E-state index is -4.27. The summed E-state index contributed by atoms with van der Waals surface area (Å²) in [6.45, 7) is -0.597. The van der Waals surface area contributed by atoms with Crippen LogP contribution in [0.1, 0.15) is 21.0 Å². The molecule has 0 saturated carbocycles. The number of hydrogen-bond acceptors (Lipinski definition) is 5. The number of piperazine rings is 1. The van der Waals surface area contributed by atoms with Gasteiger partial charge in [0, 0.05) is 32.2 Å². The Morgan fingerprint density at radius 3 is 2.38 bits per heavy atom. The van der Waals surface area contributed by atoms with Crippen LogP contribution in [0.4, 0.5) is 13.2 Å². The van der Waals surface area contributed by atoms with Crippen molar-refractivity contribution in [3.8, 4) is 0 Å². The fourth-order valence-corrected chi connectivity index (χ4v) is 2.00. The first-order chi connectivity index (χ1) is 9.76. The van der Waals surface area contributed by atoms with Crippen molar-refractivity contribution < 1.29 is 32.4 Å². The largest absolute Gasteiger partial charge is 0.475 e. The third-order valence-electron chi connectivity index (χ3n) is 3.00. The number of nitrogens with zero attached hydrogens (tertiary/aromatic N) is 3.